The van der Waals surface area contributed by atoms with Crippen LogP contribution in [0.1, 0.15) is 0 Å². The first kappa shape index (κ1) is 16.0. The van der Waals surface area contributed by atoms with Gasteiger partial charge in [0.15, 0.2) is 12.1 Å². The van der Waals surface area contributed by atoms with Crippen molar-refractivity contribution in [1.29, 1.82) is 0 Å². The van der Waals surface area contributed by atoms with E-state index >= 15 is 0 Å². The van der Waals surface area contributed by atoms with E-state index in [0.29, 0.717) is 11.3 Å². The molecule has 2 aromatic heterocycles. The van der Waals surface area contributed by atoms with Crippen LogP contribution in [0.5, 0.6) is 0 Å². The van der Waals surface area contributed by atoms with E-state index < -0.39 is 30.1 Å². The normalized spacial score (nSPS) is 35.5. The molecule has 24 heavy (non-hydrogen) atoms. The zero-order chi connectivity index (χ0) is 16.9. The topological polar surface area (TPSA) is 110 Å². The average molecular weight is 357 g/mol. The van der Waals surface area contributed by atoms with Crippen molar-refractivity contribution >= 4 is 22.9 Å². The van der Waals surface area contributed by atoms with Gasteiger partial charge in [0.1, 0.15) is 29.4 Å². The number of methoxy groups -OCH3 is 1. The predicted molar refractivity (Wildman–Crippen MR) is 82.9 cm³/mol. The van der Waals surface area contributed by atoms with Crippen molar-refractivity contribution in [3.63, 3.8) is 0 Å². The first-order chi connectivity index (χ1) is 11.5. The zero-order valence-electron chi connectivity index (χ0n) is 12.8. The van der Waals surface area contributed by atoms with Gasteiger partial charge in [-0.15, -0.1) is 5.10 Å². The second-order valence-corrected chi connectivity index (χ2v) is 6.31. The number of anilines is 1. The number of nitrogens with zero attached hydrogens (tertiary/aromatic N) is 3. The van der Waals surface area contributed by atoms with Gasteiger partial charge in [-0.3, -0.25) is 0 Å². The molecule has 2 aromatic rings. The lowest BCUT2D eigenvalue weighted by molar-refractivity contribution is -0.227. The van der Waals surface area contributed by atoms with Gasteiger partial charge in [0.2, 0.25) is 5.28 Å². The van der Waals surface area contributed by atoms with Crippen LogP contribution >= 0.6 is 11.6 Å². The molecule has 2 saturated heterocycles. The second kappa shape index (κ2) is 5.80. The molecular weight excluding hydrogens is 340 g/mol. The predicted octanol–water partition coefficient (Wildman–Crippen LogP) is -0.343. The Hall–Kier alpha value is -1.49. The SMILES string of the molecule is COC[C@@]12CO[C@@H](O1)[C@H](Nc1nc(Cl)nn3cccc13)[C@@H](O)[C@H]2O. The maximum atomic E-state index is 10.6. The van der Waals surface area contributed by atoms with E-state index in [2.05, 4.69) is 15.4 Å². The Morgan fingerprint density at radius 1 is 1.54 bits per heavy atom. The number of rotatable bonds is 4. The highest BCUT2D eigenvalue weighted by Gasteiger charge is 2.59. The maximum absolute atomic E-state index is 10.6. The lowest BCUT2D eigenvalue weighted by Gasteiger charge is -2.42. The van der Waals surface area contributed by atoms with Crippen LogP contribution in [-0.4, -0.2) is 75.3 Å². The molecule has 2 fully saturated rings. The number of aromatic nitrogens is 3. The lowest BCUT2D eigenvalue weighted by Crippen LogP contribution is -2.64. The van der Waals surface area contributed by atoms with Crippen molar-refractivity contribution in [2.24, 2.45) is 0 Å². The monoisotopic (exact) mass is 356 g/mol. The summed E-state index contributed by atoms with van der Waals surface area (Å²) in [5.41, 5.74) is -0.391. The van der Waals surface area contributed by atoms with Gasteiger partial charge < -0.3 is 29.7 Å². The summed E-state index contributed by atoms with van der Waals surface area (Å²) in [7, 11) is 1.50. The maximum Gasteiger partial charge on any atom is 0.243 e. The molecule has 0 saturated carbocycles. The molecule has 2 aliphatic heterocycles. The van der Waals surface area contributed by atoms with E-state index in [9.17, 15) is 10.2 Å². The van der Waals surface area contributed by atoms with Gasteiger partial charge in [0.25, 0.3) is 0 Å². The van der Waals surface area contributed by atoms with Gasteiger partial charge >= 0.3 is 0 Å². The van der Waals surface area contributed by atoms with Crippen molar-refractivity contribution < 1.29 is 24.4 Å². The first-order valence-corrected chi connectivity index (χ1v) is 7.84. The van der Waals surface area contributed by atoms with Crippen LogP contribution in [-0.2, 0) is 14.2 Å². The number of hydrogen-bond donors (Lipinski definition) is 3. The molecule has 0 aliphatic carbocycles. The fourth-order valence-electron chi connectivity index (χ4n) is 3.25. The molecule has 0 unspecified atom stereocenters. The Balaban J connectivity index is 1.64. The molecular formula is C14H17ClN4O5. The Morgan fingerprint density at radius 3 is 3.17 bits per heavy atom. The highest BCUT2D eigenvalue weighted by atomic mass is 35.5. The van der Waals surface area contributed by atoms with Crippen molar-refractivity contribution in [2.45, 2.75) is 30.1 Å². The molecule has 2 aliphatic rings. The number of aliphatic hydroxyl groups is 2. The van der Waals surface area contributed by atoms with Gasteiger partial charge in [0.05, 0.1) is 13.2 Å². The van der Waals surface area contributed by atoms with E-state index in [4.69, 9.17) is 25.8 Å². The zero-order valence-corrected chi connectivity index (χ0v) is 13.6. The van der Waals surface area contributed by atoms with E-state index in [-0.39, 0.29) is 18.5 Å². The minimum absolute atomic E-state index is 0.0500. The van der Waals surface area contributed by atoms with E-state index in [1.165, 1.54) is 7.11 Å². The first-order valence-electron chi connectivity index (χ1n) is 7.46. The fraction of sp³-hybridized carbons (Fsp3) is 0.571. The number of fused-ring (bicyclic) bond motifs is 3. The third-order valence-electron chi connectivity index (χ3n) is 4.42. The Labute approximate surface area is 142 Å². The molecule has 4 rings (SSSR count). The quantitative estimate of drug-likeness (QED) is 0.682. The lowest BCUT2D eigenvalue weighted by atomic mass is 9.88. The van der Waals surface area contributed by atoms with Crippen LogP contribution in [0.15, 0.2) is 18.3 Å². The molecule has 4 heterocycles. The molecule has 10 heteroatoms. The standard InChI is InChI=1S/C14H17ClN4O5/c1-22-5-14-6-23-12(24-14)8(9(20)10(14)21)16-11-7-3-2-4-19(7)18-13(15)17-11/h2-4,8-10,12,20-21H,5-6H2,1H3,(H,16,17,18)/t8-,9-,10-,12+,14+/m1/s1. The molecule has 0 amide bonds. The number of ether oxygens (including phenoxy) is 3. The van der Waals surface area contributed by atoms with E-state index in [1.54, 1.807) is 22.8 Å². The van der Waals surface area contributed by atoms with Crippen LogP contribution in [0.25, 0.3) is 5.52 Å². The van der Waals surface area contributed by atoms with Gasteiger partial charge in [-0.05, 0) is 23.7 Å². The summed E-state index contributed by atoms with van der Waals surface area (Å²) in [5, 5.41) is 28.2. The Kier molecular flexibility index (Phi) is 3.87. The largest absolute Gasteiger partial charge is 0.388 e. The number of nitrogens with one attached hydrogen (secondary N) is 1. The number of halogens is 1. The van der Waals surface area contributed by atoms with E-state index in [0.717, 1.165) is 0 Å². The molecule has 0 spiro atoms. The van der Waals surface area contributed by atoms with E-state index in [1.807, 2.05) is 0 Å². The Morgan fingerprint density at radius 2 is 2.38 bits per heavy atom. The van der Waals surface area contributed by atoms with Crippen LogP contribution in [0.3, 0.4) is 0 Å². The van der Waals surface area contributed by atoms with Crippen molar-refractivity contribution in [3.05, 3.63) is 23.6 Å². The van der Waals surface area contributed by atoms with Crippen LogP contribution < -0.4 is 5.32 Å². The smallest absolute Gasteiger partial charge is 0.243 e. The summed E-state index contributed by atoms with van der Waals surface area (Å²) >= 11 is 5.93. The summed E-state index contributed by atoms with van der Waals surface area (Å²) in [4.78, 5) is 4.16. The van der Waals surface area contributed by atoms with Crippen molar-refractivity contribution in [2.75, 3.05) is 25.6 Å². The molecule has 3 N–H and O–H groups in total. The van der Waals surface area contributed by atoms with Gasteiger partial charge in [-0.25, -0.2) is 4.52 Å². The van der Waals surface area contributed by atoms with Crippen LogP contribution in [0, 0.1) is 0 Å². The highest BCUT2D eigenvalue weighted by molar-refractivity contribution is 6.28. The summed E-state index contributed by atoms with van der Waals surface area (Å²) < 4.78 is 18.1. The second-order valence-electron chi connectivity index (χ2n) is 5.97. The summed E-state index contributed by atoms with van der Waals surface area (Å²) in [6, 6.07) is 2.87. The fourth-order valence-corrected chi connectivity index (χ4v) is 3.42. The summed E-state index contributed by atoms with van der Waals surface area (Å²) in [5.74, 6) is 0.412. The van der Waals surface area contributed by atoms with Crippen LogP contribution in [0.2, 0.25) is 5.28 Å². The van der Waals surface area contributed by atoms with Gasteiger partial charge in [-0.2, -0.15) is 4.98 Å². The molecule has 0 radical (unpaired) electrons. The van der Waals surface area contributed by atoms with Crippen LogP contribution in [0.4, 0.5) is 5.82 Å². The summed E-state index contributed by atoms with van der Waals surface area (Å²) in [6.45, 7) is 0.254. The summed E-state index contributed by atoms with van der Waals surface area (Å²) in [6.07, 6.45) is -1.33. The van der Waals surface area contributed by atoms with Crippen molar-refractivity contribution in [1.82, 2.24) is 14.6 Å². The third-order valence-corrected chi connectivity index (χ3v) is 4.58. The molecule has 5 atom stereocenters. The van der Waals surface area contributed by atoms with Gasteiger partial charge in [0, 0.05) is 13.3 Å². The number of aliphatic hydroxyl groups excluding tert-OH is 2. The third kappa shape index (κ3) is 2.36. The molecule has 130 valence electrons. The molecule has 0 aromatic carbocycles. The minimum atomic E-state index is -1.17. The number of hydrogen-bond acceptors (Lipinski definition) is 8. The molecule has 2 bridgehead atoms. The van der Waals surface area contributed by atoms with Gasteiger partial charge in [-0.1, -0.05) is 0 Å². The Bertz CT molecular complexity index is 758. The molecule has 9 nitrogen and oxygen atoms in total. The highest BCUT2D eigenvalue weighted by Crippen LogP contribution is 2.38. The van der Waals surface area contributed by atoms with Crippen molar-refractivity contribution in [3.8, 4) is 0 Å². The minimum Gasteiger partial charge on any atom is -0.388 e. The average Bonchev–Trinajstić information content (AvgIpc) is 3.16.